The van der Waals surface area contributed by atoms with Gasteiger partial charge in [-0.3, -0.25) is 0 Å². The maximum absolute atomic E-state index is 13.8. The SMILES string of the molecule is Cc1ccc(C(=O)O)cc1-c1ccc(Cl)cc1F. The van der Waals surface area contributed by atoms with Gasteiger partial charge in [0.05, 0.1) is 5.56 Å². The van der Waals surface area contributed by atoms with E-state index in [1.54, 1.807) is 25.1 Å². The van der Waals surface area contributed by atoms with E-state index in [1.165, 1.54) is 18.2 Å². The first-order chi connectivity index (χ1) is 8.49. The lowest BCUT2D eigenvalue weighted by Crippen LogP contribution is -1.98. The van der Waals surface area contributed by atoms with Gasteiger partial charge in [0, 0.05) is 10.6 Å². The van der Waals surface area contributed by atoms with E-state index in [4.69, 9.17) is 16.7 Å². The van der Waals surface area contributed by atoms with E-state index >= 15 is 0 Å². The number of carboxylic acid groups (broad SMARTS) is 1. The van der Waals surface area contributed by atoms with Crippen LogP contribution < -0.4 is 0 Å². The van der Waals surface area contributed by atoms with E-state index in [0.29, 0.717) is 16.1 Å². The van der Waals surface area contributed by atoms with Gasteiger partial charge >= 0.3 is 5.97 Å². The van der Waals surface area contributed by atoms with Crippen LogP contribution in [0.1, 0.15) is 15.9 Å². The zero-order valence-electron chi connectivity index (χ0n) is 9.58. The summed E-state index contributed by atoms with van der Waals surface area (Å²) in [6.07, 6.45) is 0. The van der Waals surface area contributed by atoms with Crippen LogP contribution in [0.15, 0.2) is 36.4 Å². The Morgan fingerprint density at radius 3 is 2.50 bits per heavy atom. The van der Waals surface area contributed by atoms with Crippen molar-refractivity contribution < 1.29 is 14.3 Å². The first-order valence-electron chi connectivity index (χ1n) is 5.28. The van der Waals surface area contributed by atoms with E-state index in [1.807, 2.05) is 0 Å². The summed E-state index contributed by atoms with van der Waals surface area (Å²) in [5, 5.41) is 9.25. The fourth-order valence-electron chi connectivity index (χ4n) is 1.75. The topological polar surface area (TPSA) is 37.3 Å². The van der Waals surface area contributed by atoms with Crippen molar-refractivity contribution >= 4 is 17.6 Å². The van der Waals surface area contributed by atoms with E-state index in [0.717, 1.165) is 5.56 Å². The molecule has 0 spiro atoms. The molecule has 2 rings (SSSR count). The predicted octanol–water partition coefficient (Wildman–Crippen LogP) is 4.15. The fraction of sp³-hybridized carbons (Fsp3) is 0.0714. The van der Waals surface area contributed by atoms with Crippen molar-refractivity contribution in [2.75, 3.05) is 0 Å². The maximum atomic E-state index is 13.8. The van der Waals surface area contributed by atoms with Crippen LogP contribution >= 0.6 is 11.6 Å². The van der Waals surface area contributed by atoms with Gasteiger partial charge in [0.15, 0.2) is 0 Å². The monoisotopic (exact) mass is 264 g/mol. The third-order valence-electron chi connectivity index (χ3n) is 2.71. The van der Waals surface area contributed by atoms with Crippen LogP contribution in [0, 0.1) is 12.7 Å². The number of carboxylic acids is 1. The van der Waals surface area contributed by atoms with Crippen molar-refractivity contribution in [3.8, 4) is 11.1 Å². The van der Waals surface area contributed by atoms with Crippen LogP contribution in [0.4, 0.5) is 4.39 Å². The zero-order valence-corrected chi connectivity index (χ0v) is 10.3. The normalized spacial score (nSPS) is 10.4. The molecule has 18 heavy (non-hydrogen) atoms. The number of rotatable bonds is 2. The highest BCUT2D eigenvalue weighted by Gasteiger charge is 2.11. The highest BCUT2D eigenvalue weighted by atomic mass is 35.5. The quantitative estimate of drug-likeness (QED) is 0.885. The molecule has 0 aromatic heterocycles. The molecule has 2 aromatic rings. The van der Waals surface area contributed by atoms with Crippen molar-refractivity contribution in [3.63, 3.8) is 0 Å². The van der Waals surface area contributed by atoms with Gasteiger partial charge in [-0.15, -0.1) is 0 Å². The molecule has 0 aliphatic carbocycles. The van der Waals surface area contributed by atoms with Gasteiger partial charge in [-0.1, -0.05) is 17.7 Å². The second-order valence-electron chi connectivity index (χ2n) is 3.96. The van der Waals surface area contributed by atoms with Gasteiger partial charge < -0.3 is 5.11 Å². The van der Waals surface area contributed by atoms with E-state index < -0.39 is 11.8 Å². The van der Waals surface area contributed by atoms with Gasteiger partial charge in [0.2, 0.25) is 0 Å². The standard InChI is InChI=1S/C14H10ClFO2/c1-8-2-3-9(14(17)18)6-12(8)11-5-4-10(15)7-13(11)16/h2-7H,1H3,(H,17,18). The van der Waals surface area contributed by atoms with Gasteiger partial charge in [-0.2, -0.15) is 0 Å². The molecule has 0 saturated heterocycles. The lowest BCUT2D eigenvalue weighted by atomic mass is 9.98. The number of benzene rings is 2. The Hall–Kier alpha value is -1.87. The molecular formula is C14H10ClFO2. The number of halogens is 2. The average Bonchev–Trinajstić information content (AvgIpc) is 2.30. The molecule has 1 N–H and O–H groups in total. The number of hydrogen-bond donors (Lipinski definition) is 1. The van der Waals surface area contributed by atoms with Crippen molar-refractivity contribution in [1.82, 2.24) is 0 Å². The Labute approximate surface area is 109 Å². The van der Waals surface area contributed by atoms with Crippen LogP contribution in [0.3, 0.4) is 0 Å². The Balaban J connectivity index is 2.62. The van der Waals surface area contributed by atoms with E-state index in [2.05, 4.69) is 0 Å². The Morgan fingerprint density at radius 1 is 1.17 bits per heavy atom. The van der Waals surface area contributed by atoms with Crippen molar-refractivity contribution in [1.29, 1.82) is 0 Å². The Kier molecular flexibility index (Phi) is 3.34. The molecule has 0 heterocycles. The molecule has 0 bridgehead atoms. The number of aryl methyl sites for hydroxylation is 1. The summed E-state index contributed by atoms with van der Waals surface area (Å²) in [6.45, 7) is 1.80. The molecule has 0 aliphatic rings. The molecule has 0 fully saturated rings. The van der Waals surface area contributed by atoms with Gasteiger partial charge in [0.25, 0.3) is 0 Å². The van der Waals surface area contributed by atoms with Crippen molar-refractivity contribution in [2.24, 2.45) is 0 Å². The van der Waals surface area contributed by atoms with Crippen LogP contribution in [-0.4, -0.2) is 11.1 Å². The van der Waals surface area contributed by atoms with Gasteiger partial charge in [-0.05, 0) is 48.4 Å². The van der Waals surface area contributed by atoms with E-state index in [-0.39, 0.29) is 5.56 Å². The minimum Gasteiger partial charge on any atom is -0.478 e. The highest BCUT2D eigenvalue weighted by molar-refractivity contribution is 6.30. The molecule has 0 radical (unpaired) electrons. The van der Waals surface area contributed by atoms with E-state index in [9.17, 15) is 9.18 Å². The van der Waals surface area contributed by atoms with Gasteiger partial charge in [0.1, 0.15) is 5.82 Å². The number of hydrogen-bond acceptors (Lipinski definition) is 1. The second kappa shape index (κ2) is 4.78. The number of aromatic carboxylic acids is 1. The smallest absolute Gasteiger partial charge is 0.335 e. The first-order valence-corrected chi connectivity index (χ1v) is 5.66. The largest absolute Gasteiger partial charge is 0.478 e. The van der Waals surface area contributed by atoms with Crippen LogP contribution in [-0.2, 0) is 0 Å². The van der Waals surface area contributed by atoms with Crippen LogP contribution in [0.5, 0.6) is 0 Å². The lowest BCUT2D eigenvalue weighted by Gasteiger charge is -2.08. The molecule has 0 amide bonds. The summed E-state index contributed by atoms with van der Waals surface area (Å²) in [5.41, 5.74) is 1.84. The summed E-state index contributed by atoms with van der Waals surface area (Å²) in [7, 11) is 0. The fourth-order valence-corrected chi connectivity index (χ4v) is 1.91. The molecule has 0 saturated carbocycles. The third kappa shape index (κ3) is 2.36. The third-order valence-corrected chi connectivity index (χ3v) is 2.94. The number of carbonyl (C=O) groups is 1. The summed E-state index contributed by atoms with van der Waals surface area (Å²) in [4.78, 5) is 10.9. The lowest BCUT2D eigenvalue weighted by molar-refractivity contribution is 0.0697. The summed E-state index contributed by atoms with van der Waals surface area (Å²) in [5.74, 6) is -1.50. The molecule has 0 atom stereocenters. The molecule has 0 unspecified atom stereocenters. The van der Waals surface area contributed by atoms with Gasteiger partial charge in [-0.25, -0.2) is 9.18 Å². The molecule has 4 heteroatoms. The highest BCUT2D eigenvalue weighted by Crippen LogP contribution is 2.28. The minimum atomic E-state index is -1.04. The van der Waals surface area contributed by atoms with Crippen molar-refractivity contribution in [3.05, 3.63) is 58.4 Å². The first kappa shape index (κ1) is 12.6. The predicted molar refractivity (Wildman–Crippen MR) is 68.5 cm³/mol. The molecular weight excluding hydrogens is 255 g/mol. The Morgan fingerprint density at radius 2 is 1.89 bits per heavy atom. The average molecular weight is 265 g/mol. The van der Waals surface area contributed by atoms with Crippen LogP contribution in [0.2, 0.25) is 5.02 Å². The zero-order chi connectivity index (χ0) is 13.3. The summed E-state index contributed by atoms with van der Waals surface area (Å²) >= 11 is 5.69. The molecule has 2 aromatic carbocycles. The summed E-state index contributed by atoms with van der Waals surface area (Å²) < 4.78 is 13.8. The minimum absolute atomic E-state index is 0.130. The summed E-state index contributed by atoms with van der Waals surface area (Å²) in [6, 6.07) is 8.95. The molecule has 92 valence electrons. The second-order valence-corrected chi connectivity index (χ2v) is 4.40. The molecule has 2 nitrogen and oxygen atoms in total. The molecule has 0 aliphatic heterocycles. The van der Waals surface area contributed by atoms with Crippen LogP contribution in [0.25, 0.3) is 11.1 Å². The Bertz CT molecular complexity index is 623. The maximum Gasteiger partial charge on any atom is 0.335 e. The van der Waals surface area contributed by atoms with Crippen molar-refractivity contribution in [2.45, 2.75) is 6.92 Å².